The third kappa shape index (κ3) is 2.14. The number of hydrogen-bond acceptors (Lipinski definition) is 1. The smallest absolute Gasteiger partial charge is 0.0577 e. The van der Waals surface area contributed by atoms with E-state index in [0.717, 1.165) is 30.6 Å². The molecule has 4 aliphatic rings. The lowest BCUT2D eigenvalue weighted by Gasteiger charge is -2.59. The van der Waals surface area contributed by atoms with E-state index in [1.54, 1.807) is 11.1 Å². The Morgan fingerprint density at radius 3 is 2.69 bits per heavy atom. The number of H-pyrrole nitrogens is 1. The molecule has 0 bridgehead atoms. The molecule has 2 fully saturated rings. The van der Waals surface area contributed by atoms with E-state index in [4.69, 9.17) is 0 Å². The highest BCUT2D eigenvalue weighted by atomic mass is 16.3. The molecule has 1 aromatic rings. The van der Waals surface area contributed by atoms with Gasteiger partial charge in [0.15, 0.2) is 0 Å². The molecule has 0 radical (unpaired) electrons. The summed E-state index contributed by atoms with van der Waals surface area (Å²) in [6, 6.07) is 4.38. The van der Waals surface area contributed by atoms with E-state index in [9.17, 15) is 5.11 Å². The summed E-state index contributed by atoms with van der Waals surface area (Å²) in [5.74, 6) is 2.96. The maximum atomic E-state index is 10.2. The first kappa shape index (κ1) is 16.9. The monoisotopic (exact) mass is 351 g/mol. The third-order valence-electron chi connectivity index (χ3n) is 8.88. The fraction of sp³-hybridized carbons (Fsp3) is 0.667. The Hall–Kier alpha value is -1.28. The van der Waals surface area contributed by atoms with E-state index in [1.807, 2.05) is 0 Å². The molecule has 5 rings (SSSR count). The summed E-state index contributed by atoms with van der Waals surface area (Å²) in [5, 5.41) is 10.2. The van der Waals surface area contributed by atoms with Crippen molar-refractivity contribution in [2.75, 3.05) is 0 Å². The first-order valence-corrected chi connectivity index (χ1v) is 10.7. The van der Waals surface area contributed by atoms with Gasteiger partial charge < -0.3 is 10.1 Å². The molecule has 140 valence electrons. The summed E-state index contributed by atoms with van der Waals surface area (Å²) in [6.07, 6.45) is 14.0. The number of aromatic nitrogens is 1. The predicted octanol–water partition coefficient (Wildman–Crippen LogP) is 5.58. The lowest BCUT2D eigenvalue weighted by atomic mass is 9.45. The van der Waals surface area contributed by atoms with Crippen LogP contribution in [0.4, 0.5) is 0 Å². The number of nitrogens with one attached hydrogen (secondary N) is 1. The van der Waals surface area contributed by atoms with Gasteiger partial charge in [-0.25, -0.2) is 0 Å². The van der Waals surface area contributed by atoms with Gasteiger partial charge in [0, 0.05) is 11.9 Å². The number of aliphatic hydroxyl groups is 1. The molecule has 0 amide bonds. The van der Waals surface area contributed by atoms with Gasteiger partial charge in [-0.2, -0.15) is 0 Å². The Morgan fingerprint density at radius 1 is 1.12 bits per heavy atom. The van der Waals surface area contributed by atoms with Crippen molar-refractivity contribution in [2.45, 2.75) is 65.4 Å². The maximum absolute atomic E-state index is 10.2. The van der Waals surface area contributed by atoms with Crippen LogP contribution in [-0.2, 0) is 0 Å². The number of allylic oxidation sites excluding steroid dienone is 3. The molecule has 26 heavy (non-hydrogen) atoms. The van der Waals surface area contributed by atoms with E-state index >= 15 is 0 Å². The van der Waals surface area contributed by atoms with Gasteiger partial charge in [-0.1, -0.05) is 38.5 Å². The first-order chi connectivity index (χ1) is 12.4. The molecule has 2 saturated carbocycles. The second-order valence-corrected chi connectivity index (χ2v) is 10.0. The Morgan fingerprint density at radius 2 is 1.92 bits per heavy atom. The Balaban J connectivity index is 1.52. The summed E-state index contributed by atoms with van der Waals surface area (Å²) >= 11 is 0. The normalized spacial score (nSPS) is 47.5. The average Bonchev–Trinajstić information content (AvgIpc) is 3.23. The molecule has 0 saturated heterocycles. The van der Waals surface area contributed by atoms with Crippen molar-refractivity contribution in [3.63, 3.8) is 0 Å². The van der Waals surface area contributed by atoms with Gasteiger partial charge in [-0.3, -0.25) is 0 Å². The topological polar surface area (TPSA) is 36.0 Å². The number of rotatable bonds is 1. The van der Waals surface area contributed by atoms with Crippen LogP contribution < -0.4 is 0 Å². The fourth-order valence-corrected chi connectivity index (χ4v) is 7.49. The average molecular weight is 352 g/mol. The van der Waals surface area contributed by atoms with E-state index in [2.05, 4.69) is 56.2 Å². The molecule has 2 nitrogen and oxygen atoms in total. The molecule has 1 aromatic heterocycles. The van der Waals surface area contributed by atoms with Crippen molar-refractivity contribution >= 4 is 5.57 Å². The van der Waals surface area contributed by atoms with Gasteiger partial charge >= 0.3 is 0 Å². The van der Waals surface area contributed by atoms with Crippen LogP contribution in [0.5, 0.6) is 0 Å². The minimum Gasteiger partial charge on any atom is -0.393 e. The summed E-state index contributed by atoms with van der Waals surface area (Å²) in [4.78, 5) is 3.47. The second kappa shape index (κ2) is 5.61. The molecule has 0 aromatic carbocycles. The van der Waals surface area contributed by atoms with Gasteiger partial charge in [0.25, 0.3) is 0 Å². The molecule has 1 unspecified atom stereocenters. The van der Waals surface area contributed by atoms with Crippen molar-refractivity contribution in [2.24, 2.45) is 34.5 Å². The largest absolute Gasteiger partial charge is 0.393 e. The van der Waals surface area contributed by atoms with Gasteiger partial charge in [0.05, 0.1) is 6.10 Å². The maximum Gasteiger partial charge on any atom is 0.0577 e. The summed E-state index contributed by atoms with van der Waals surface area (Å²) in [6.45, 7) is 7.50. The van der Waals surface area contributed by atoms with Crippen LogP contribution in [-0.4, -0.2) is 16.2 Å². The van der Waals surface area contributed by atoms with Gasteiger partial charge in [-0.15, -0.1) is 0 Å². The van der Waals surface area contributed by atoms with Crippen LogP contribution >= 0.6 is 0 Å². The second-order valence-electron chi connectivity index (χ2n) is 10.0. The summed E-state index contributed by atoms with van der Waals surface area (Å²) in [5.41, 5.74) is 5.12. The fourth-order valence-electron chi connectivity index (χ4n) is 7.49. The zero-order chi connectivity index (χ0) is 18.1. The third-order valence-corrected chi connectivity index (χ3v) is 8.88. The van der Waals surface area contributed by atoms with Crippen molar-refractivity contribution in [1.29, 1.82) is 0 Å². The molecular weight excluding hydrogens is 318 g/mol. The molecule has 0 spiro atoms. The number of aliphatic hydroxyl groups excluding tert-OH is 1. The van der Waals surface area contributed by atoms with E-state index < -0.39 is 0 Å². The van der Waals surface area contributed by atoms with Crippen LogP contribution in [0.2, 0.25) is 0 Å². The quantitative estimate of drug-likeness (QED) is 0.637. The Labute approximate surface area is 157 Å². The molecule has 0 aliphatic heterocycles. The SMILES string of the molecule is C[C@@H]1C=C2CC(O)CC[C@]2(C)[C@H]2CC[C@]3(C)C(c4ccc[nH]4)=CC[C@H]3[C@H]12. The zero-order valence-corrected chi connectivity index (χ0v) is 16.5. The Bertz CT molecular complexity index is 759. The van der Waals surface area contributed by atoms with Gasteiger partial charge in [0.2, 0.25) is 0 Å². The Kier molecular flexibility index (Phi) is 3.64. The van der Waals surface area contributed by atoms with Crippen LogP contribution in [0.1, 0.15) is 65.0 Å². The van der Waals surface area contributed by atoms with E-state index in [-0.39, 0.29) is 6.10 Å². The van der Waals surface area contributed by atoms with E-state index in [0.29, 0.717) is 16.7 Å². The van der Waals surface area contributed by atoms with Crippen LogP contribution in [0.3, 0.4) is 0 Å². The number of fused-ring (bicyclic) bond motifs is 5. The van der Waals surface area contributed by atoms with Crippen molar-refractivity contribution in [3.8, 4) is 0 Å². The molecule has 7 atom stereocenters. The molecule has 1 heterocycles. The van der Waals surface area contributed by atoms with Crippen molar-refractivity contribution in [1.82, 2.24) is 4.98 Å². The minimum atomic E-state index is -0.112. The molecular formula is C24H33NO. The van der Waals surface area contributed by atoms with Gasteiger partial charge in [-0.05, 0) is 90.7 Å². The highest BCUT2D eigenvalue weighted by molar-refractivity contribution is 5.70. The molecule has 2 N–H and O–H groups in total. The first-order valence-electron chi connectivity index (χ1n) is 10.7. The predicted molar refractivity (Wildman–Crippen MR) is 106 cm³/mol. The lowest BCUT2D eigenvalue weighted by Crippen LogP contribution is -2.52. The molecule has 4 aliphatic carbocycles. The van der Waals surface area contributed by atoms with Crippen LogP contribution in [0.25, 0.3) is 5.57 Å². The zero-order valence-electron chi connectivity index (χ0n) is 16.5. The van der Waals surface area contributed by atoms with Crippen LogP contribution in [0.15, 0.2) is 36.1 Å². The number of hydrogen-bond donors (Lipinski definition) is 2. The highest BCUT2D eigenvalue weighted by Gasteiger charge is 2.58. The minimum absolute atomic E-state index is 0.112. The number of aromatic amines is 1. The van der Waals surface area contributed by atoms with Crippen molar-refractivity contribution in [3.05, 3.63) is 41.7 Å². The van der Waals surface area contributed by atoms with Crippen molar-refractivity contribution < 1.29 is 5.11 Å². The molecule has 2 heteroatoms. The lowest BCUT2D eigenvalue weighted by molar-refractivity contribution is -0.0426. The summed E-state index contributed by atoms with van der Waals surface area (Å²) in [7, 11) is 0. The highest BCUT2D eigenvalue weighted by Crippen LogP contribution is 2.67. The van der Waals surface area contributed by atoms with E-state index in [1.165, 1.54) is 31.4 Å². The van der Waals surface area contributed by atoms with Crippen LogP contribution in [0, 0.1) is 34.5 Å². The summed E-state index contributed by atoms with van der Waals surface area (Å²) < 4.78 is 0. The standard InChI is InChI=1S/C24H33NO/c1-15-13-16-14-17(26)8-10-23(16,2)20-9-11-24(3)18(21-5-4-12-25-21)6-7-19(24)22(15)20/h4-6,12-13,15,17,19-20,22,25-26H,7-11,14H2,1-3H3/t15-,17?,19+,20+,22+,23+,24-/m1/s1. The van der Waals surface area contributed by atoms with Gasteiger partial charge in [0.1, 0.15) is 0 Å².